The number of carbonyl (C=O) groups is 2. The summed E-state index contributed by atoms with van der Waals surface area (Å²) in [6.45, 7) is 6.62. The Balaban J connectivity index is 1.89. The van der Waals surface area contributed by atoms with E-state index in [0.717, 1.165) is 28.7 Å². The standard InChI is InChI=1S/C29H33ClN2O3/c1-4-16-31-29(34)26(18-23-8-6-5-7-9-23)32(19-24-11-13-25(30)14-12-24)28(33)20-35-27-15-10-21(2)17-22(27)3/h5-15,17,26H,4,16,18-20H2,1-3H3,(H,31,34)/t26-/m1/s1. The molecule has 0 aliphatic heterocycles. The van der Waals surface area contributed by atoms with Crippen LogP contribution >= 0.6 is 11.6 Å². The predicted octanol–water partition coefficient (Wildman–Crippen LogP) is 5.50. The Morgan fingerprint density at radius 1 is 0.971 bits per heavy atom. The second kappa shape index (κ2) is 13.0. The minimum absolute atomic E-state index is 0.163. The van der Waals surface area contributed by atoms with Gasteiger partial charge in [-0.15, -0.1) is 0 Å². The van der Waals surface area contributed by atoms with Gasteiger partial charge < -0.3 is 15.0 Å². The molecule has 5 nitrogen and oxygen atoms in total. The monoisotopic (exact) mass is 492 g/mol. The minimum Gasteiger partial charge on any atom is -0.483 e. The largest absolute Gasteiger partial charge is 0.483 e. The van der Waals surface area contributed by atoms with Gasteiger partial charge in [-0.25, -0.2) is 0 Å². The molecule has 0 aliphatic rings. The van der Waals surface area contributed by atoms with Gasteiger partial charge in [0.2, 0.25) is 5.91 Å². The molecule has 3 aromatic rings. The van der Waals surface area contributed by atoms with Crippen LogP contribution in [0.4, 0.5) is 0 Å². The van der Waals surface area contributed by atoms with Crippen LogP contribution in [0.1, 0.15) is 35.6 Å². The van der Waals surface area contributed by atoms with E-state index in [2.05, 4.69) is 5.32 Å². The molecule has 0 heterocycles. The number of benzene rings is 3. The number of nitrogens with one attached hydrogen (secondary N) is 1. The normalized spacial score (nSPS) is 11.5. The fourth-order valence-corrected chi connectivity index (χ4v) is 4.02. The Morgan fingerprint density at radius 2 is 1.69 bits per heavy atom. The quantitative estimate of drug-likeness (QED) is 0.384. The zero-order valence-corrected chi connectivity index (χ0v) is 21.3. The molecule has 3 rings (SSSR count). The zero-order valence-electron chi connectivity index (χ0n) is 20.6. The molecular weight excluding hydrogens is 460 g/mol. The van der Waals surface area contributed by atoms with Crippen LogP contribution < -0.4 is 10.1 Å². The first kappa shape index (κ1) is 26.3. The Bertz CT molecular complexity index is 1120. The van der Waals surface area contributed by atoms with Crippen molar-refractivity contribution >= 4 is 23.4 Å². The van der Waals surface area contributed by atoms with Crippen LogP contribution in [0.25, 0.3) is 0 Å². The number of hydrogen-bond acceptors (Lipinski definition) is 3. The lowest BCUT2D eigenvalue weighted by molar-refractivity contribution is -0.142. The maximum atomic E-state index is 13.6. The van der Waals surface area contributed by atoms with Gasteiger partial charge in [0.05, 0.1) is 0 Å². The van der Waals surface area contributed by atoms with E-state index in [9.17, 15) is 9.59 Å². The first-order valence-corrected chi connectivity index (χ1v) is 12.3. The van der Waals surface area contributed by atoms with Gasteiger partial charge in [-0.1, -0.05) is 78.7 Å². The summed E-state index contributed by atoms with van der Waals surface area (Å²) in [4.78, 5) is 28.5. The van der Waals surface area contributed by atoms with Gasteiger partial charge in [0.25, 0.3) is 5.91 Å². The van der Waals surface area contributed by atoms with Gasteiger partial charge >= 0.3 is 0 Å². The highest BCUT2D eigenvalue weighted by molar-refractivity contribution is 6.30. The Morgan fingerprint density at radius 3 is 2.34 bits per heavy atom. The van der Waals surface area contributed by atoms with Crippen molar-refractivity contribution < 1.29 is 14.3 Å². The van der Waals surface area contributed by atoms with E-state index in [-0.39, 0.29) is 25.0 Å². The van der Waals surface area contributed by atoms with Crippen molar-refractivity contribution in [2.45, 2.75) is 46.2 Å². The first-order valence-electron chi connectivity index (χ1n) is 11.9. The van der Waals surface area contributed by atoms with Crippen molar-refractivity contribution in [3.05, 3.63) is 100 Å². The van der Waals surface area contributed by atoms with Crippen LogP contribution in [-0.4, -0.2) is 35.9 Å². The van der Waals surface area contributed by atoms with Gasteiger partial charge in [0.15, 0.2) is 6.61 Å². The third-order valence-corrected chi connectivity index (χ3v) is 6.02. The predicted molar refractivity (Wildman–Crippen MR) is 141 cm³/mol. The second-order valence-corrected chi connectivity index (χ2v) is 9.14. The fourth-order valence-electron chi connectivity index (χ4n) is 3.89. The molecule has 0 saturated heterocycles. The number of amides is 2. The minimum atomic E-state index is -0.685. The van der Waals surface area contributed by atoms with E-state index in [0.29, 0.717) is 23.7 Å². The van der Waals surface area contributed by atoms with Gasteiger partial charge in [-0.2, -0.15) is 0 Å². The molecule has 0 saturated carbocycles. The maximum Gasteiger partial charge on any atom is 0.261 e. The Hall–Kier alpha value is -3.31. The van der Waals surface area contributed by atoms with E-state index in [1.54, 1.807) is 17.0 Å². The topological polar surface area (TPSA) is 58.6 Å². The molecule has 184 valence electrons. The van der Waals surface area contributed by atoms with Crippen LogP contribution in [-0.2, 0) is 22.6 Å². The summed E-state index contributed by atoms with van der Waals surface area (Å²) in [6.07, 6.45) is 1.21. The van der Waals surface area contributed by atoms with Crippen LogP contribution in [0.3, 0.4) is 0 Å². The highest BCUT2D eigenvalue weighted by Crippen LogP contribution is 2.20. The molecule has 0 unspecified atom stereocenters. The third-order valence-electron chi connectivity index (χ3n) is 5.77. The summed E-state index contributed by atoms with van der Waals surface area (Å²) in [6, 6.07) is 22.2. The molecule has 3 aromatic carbocycles. The van der Waals surface area contributed by atoms with Crippen molar-refractivity contribution in [1.82, 2.24) is 10.2 Å². The van der Waals surface area contributed by atoms with Crippen LogP contribution in [0, 0.1) is 13.8 Å². The smallest absolute Gasteiger partial charge is 0.261 e. The molecule has 1 atom stereocenters. The number of ether oxygens (including phenoxy) is 1. The van der Waals surface area contributed by atoms with Crippen molar-refractivity contribution in [1.29, 1.82) is 0 Å². The SMILES string of the molecule is CCCNC(=O)[C@@H](Cc1ccccc1)N(Cc1ccc(Cl)cc1)C(=O)COc1ccc(C)cc1C. The van der Waals surface area contributed by atoms with Crippen LogP contribution in [0.5, 0.6) is 5.75 Å². The molecule has 6 heteroatoms. The van der Waals surface area contributed by atoms with Crippen LogP contribution in [0.15, 0.2) is 72.8 Å². The van der Waals surface area contributed by atoms with E-state index in [1.165, 1.54) is 0 Å². The molecule has 35 heavy (non-hydrogen) atoms. The highest BCUT2D eigenvalue weighted by Gasteiger charge is 2.30. The van der Waals surface area contributed by atoms with Crippen LogP contribution in [0.2, 0.25) is 5.02 Å². The second-order valence-electron chi connectivity index (χ2n) is 8.70. The number of halogens is 1. The average molecular weight is 493 g/mol. The Labute approximate surface area is 213 Å². The van der Waals surface area contributed by atoms with Crippen molar-refractivity contribution in [3.63, 3.8) is 0 Å². The zero-order chi connectivity index (χ0) is 25.2. The number of carbonyl (C=O) groups excluding carboxylic acids is 2. The van der Waals surface area contributed by atoms with E-state index in [4.69, 9.17) is 16.3 Å². The lowest BCUT2D eigenvalue weighted by atomic mass is 10.0. The lowest BCUT2D eigenvalue weighted by Crippen LogP contribution is -2.51. The molecule has 0 bridgehead atoms. The number of rotatable bonds is 11. The summed E-state index contributed by atoms with van der Waals surface area (Å²) >= 11 is 6.07. The molecule has 0 aromatic heterocycles. The highest BCUT2D eigenvalue weighted by atomic mass is 35.5. The molecule has 0 radical (unpaired) electrons. The molecule has 2 amide bonds. The summed E-state index contributed by atoms with van der Waals surface area (Å²) < 4.78 is 5.91. The van der Waals surface area contributed by atoms with Gasteiger partial charge in [-0.3, -0.25) is 9.59 Å². The summed E-state index contributed by atoms with van der Waals surface area (Å²) in [5.74, 6) is 0.225. The van der Waals surface area contributed by atoms with E-state index < -0.39 is 6.04 Å². The number of nitrogens with zero attached hydrogens (tertiary/aromatic N) is 1. The average Bonchev–Trinajstić information content (AvgIpc) is 2.85. The van der Waals surface area contributed by atoms with E-state index in [1.807, 2.05) is 81.4 Å². The lowest BCUT2D eigenvalue weighted by Gasteiger charge is -2.31. The van der Waals surface area contributed by atoms with Gasteiger partial charge in [0.1, 0.15) is 11.8 Å². The Kier molecular flexibility index (Phi) is 9.74. The van der Waals surface area contributed by atoms with Gasteiger partial charge in [0, 0.05) is 24.5 Å². The van der Waals surface area contributed by atoms with Crippen molar-refractivity contribution in [3.8, 4) is 5.75 Å². The molecule has 0 aliphatic carbocycles. The number of aryl methyl sites for hydroxylation is 2. The molecule has 1 N–H and O–H groups in total. The van der Waals surface area contributed by atoms with Gasteiger partial charge in [-0.05, 0) is 55.2 Å². The number of hydrogen-bond donors (Lipinski definition) is 1. The fraction of sp³-hybridized carbons (Fsp3) is 0.310. The maximum absolute atomic E-state index is 13.6. The van der Waals surface area contributed by atoms with E-state index >= 15 is 0 Å². The molecule has 0 spiro atoms. The summed E-state index contributed by atoms with van der Waals surface area (Å²) in [5.41, 5.74) is 3.95. The van der Waals surface area contributed by atoms with Crippen molar-refractivity contribution in [2.24, 2.45) is 0 Å². The molecule has 0 fully saturated rings. The van der Waals surface area contributed by atoms with Crippen molar-refractivity contribution in [2.75, 3.05) is 13.2 Å². The third kappa shape index (κ3) is 7.86. The molecular formula is C29H33ClN2O3. The summed E-state index contributed by atoms with van der Waals surface area (Å²) in [7, 11) is 0. The summed E-state index contributed by atoms with van der Waals surface area (Å²) in [5, 5.41) is 3.59. The first-order chi connectivity index (χ1) is 16.9.